The van der Waals surface area contributed by atoms with Crippen LogP contribution in [-0.2, 0) is 6.42 Å². The van der Waals surface area contributed by atoms with Gasteiger partial charge in [-0.2, -0.15) is 0 Å². The van der Waals surface area contributed by atoms with Crippen molar-refractivity contribution in [3.63, 3.8) is 0 Å². The van der Waals surface area contributed by atoms with Crippen LogP contribution in [0.4, 0.5) is 0 Å². The summed E-state index contributed by atoms with van der Waals surface area (Å²) in [6, 6.07) is 14.8. The van der Waals surface area contributed by atoms with E-state index >= 15 is 0 Å². The van der Waals surface area contributed by atoms with E-state index in [0.717, 1.165) is 12.2 Å². The van der Waals surface area contributed by atoms with E-state index in [1.165, 1.54) is 22.3 Å². The SMILES string of the molecule is Cc1cc(C)cc(C(N)C2COc3ccccc3C2)c1. The molecule has 104 valence electrons. The van der Waals surface area contributed by atoms with E-state index in [0.29, 0.717) is 12.5 Å². The van der Waals surface area contributed by atoms with Gasteiger partial charge >= 0.3 is 0 Å². The molecule has 1 heterocycles. The van der Waals surface area contributed by atoms with Gasteiger partial charge in [-0.05, 0) is 37.5 Å². The van der Waals surface area contributed by atoms with Crippen molar-refractivity contribution in [3.05, 3.63) is 64.7 Å². The molecule has 0 spiro atoms. The van der Waals surface area contributed by atoms with Crippen molar-refractivity contribution in [2.75, 3.05) is 6.61 Å². The Labute approximate surface area is 120 Å². The molecule has 2 aromatic rings. The molecule has 1 aliphatic heterocycles. The minimum Gasteiger partial charge on any atom is -0.493 e. The first-order chi connectivity index (χ1) is 9.63. The van der Waals surface area contributed by atoms with Crippen molar-refractivity contribution in [1.29, 1.82) is 0 Å². The molecule has 0 radical (unpaired) electrons. The minimum absolute atomic E-state index is 0.0296. The number of para-hydroxylation sites is 1. The number of hydrogen-bond acceptors (Lipinski definition) is 2. The Morgan fingerprint density at radius 2 is 1.80 bits per heavy atom. The van der Waals surface area contributed by atoms with Gasteiger partial charge in [-0.3, -0.25) is 0 Å². The molecule has 0 saturated carbocycles. The summed E-state index contributed by atoms with van der Waals surface area (Å²) in [6.45, 7) is 4.94. The number of benzene rings is 2. The first kappa shape index (κ1) is 13.2. The third-order valence-electron chi connectivity index (χ3n) is 4.04. The lowest BCUT2D eigenvalue weighted by Gasteiger charge is -2.30. The Balaban J connectivity index is 1.83. The summed E-state index contributed by atoms with van der Waals surface area (Å²) in [5.41, 5.74) is 11.5. The average Bonchev–Trinajstić information content (AvgIpc) is 2.45. The first-order valence-electron chi connectivity index (χ1n) is 7.18. The van der Waals surface area contributed by atoms with Crippen LogP contribution in [0.25, 0.3) is 0 Å². The van der Waals surface area contributed by atoms with Gasteiger partial charge in [-0.25, -0.2) is 0 Å². The zero-order valence-corrected chi connectivity index (χ0v) is 12.1. The van der Waals surface area contributed by atoms with E-state index in [2.05, 4.69) is 44.2 Å². The molecule has 0 aromatic heterocycles. The number of ether oxygens (including phenoxy) is 1. The van der Waals surface area contributed by atoms with Crippen LogP contribution in [0.1, 0.15) is 28.3 Å². The molecule has 1 aliphatic rings. The van der Waals surface area contributed by atoms with Gasteiger partial charge in [0.1, 0.15) is 5.75 Å². The van der Waals surface area contributed by atoms with Crippen molar-refractivity contribution in [1.82, 2.24) is 0 Å². The molecule has 0 bridgehead atoms. The van der Waals surface area contributed by atoms with Gasteiger partial charge in [0.05, 0.1) is 6.61 Å². The molecule has 2 aromatic carbocycles. The second-order valence-electron chi connectivity index (χ2n) is 5.83. The minimum atomic E-state index is 0.0296. The van der Waals surface area contributed by atoms with Crippen molar-refractivity contribution >= 4 is 0 Å². The van der Waals surface area contributed by atoms with Gasteiger partial charge < -0.3 is 10.5 Å². The van der Waals surface area contributed by atoms with Gasteiger partial charge in [0, 0.05) is 12.0 Å². The van der Waals surface area contributed by atoms with Crippen molar-refractivity contribution in [3.8, 4) is 5.75 Å². The lowest BCUT2D eigenvalue weighted by Crippen LogP contribution is -2.31. The van der Waals surface area contributed by atoms with Crippen molar-refractivity contribution in [2.45, 2.75) is 26.3 Å². The zero-order chi connectivity index (χ0) is 14.1. The summed E-state index contributed by atoms with van der Waals surface area (Å²) in [4.78, 5) is 0. The molecular weight excluding hydrogens is 246 g/mol. The second-order valence-corrected chi connectivity index (χ2v) is 5.83. The molecule has 0 saturated heterocycles. The standard InChI is InChI=1S/C18H21NO/c1-12-7-13(2)9-15(8-12)18(19)16-10-14-5-3-4-6-17(14)20-11-16/h3-9,16,18H,10-11,19H2,1-2H3. The fourth-order valence-electron chi connectivity index (χ4n) is 3.06. The van der Waals surface area contributed by atoms with E-state index in [9.17, 15) is 0 Å². The van der Waals surface area contributed by atoms with Crippen LogP contribution in [0.3, 0.4) is 0 Å². The molecule has 3 rings (SSSR count). The molecule has 20 heavy (non-hydrogen) atoms. The molecular formula is C18H21NO. The molecule has 2 unspecified atom stereocenters. The van der Waals surface area contributed by atoms with Crippen LogP contribution in [0.2, 0.25) is 0 Å². The Hall–Kier alpha value is -1.80. The number of rotatable bonds is 2. The molecule has 2 nitrogen and oxygen atoms in total. The van der Waals surface area contributed by atoms with E-state index in [-0.39, 0.29) is 6.04 Å². The number of nitrogens with two attached hydrogens (primary N) is 1. The Morgan fingerprint density at radius 1 is 1.10 bits per heavy atom. The van der Waals surface area contributed by atoms with Crippen LogP contribution in [0.15, 0.2) is 42.5 Å². The fraction of sp³-hybridized carbons (Fsp3) is 0.333. The summed E-state index contributed by atoms with van der Waals surface area (Å²) in [7, 11) is 0. The zero-order valence-electron chi connectivity index (χ0n) is 12.1. The summed E-state index contributed by atoms with van der Waals surface area (Å²) in [6.07, 6.45) is 0.990. The average molecular weight is 267 g/mol. The number of hydrogen-bond donors (Lipinski definition) is 1. The highest BCUT2D eigenvalue weighted by Crippen LogP contribution is 2.32. The molecule has 0 fully saturated rings. The molecule has 2 atom stereocenters. The highest BCUT2D eigenvalue weighted by atomic mass is 16.5. The lowest BCUT2D eigenvalue weighted by molar-refractivity contribution is 0.200. The van der Waals surface area contributed by atoms with Gasteiger partial charge in [-0.1, -0.05) is 47.5 Å². The maximum Gasteiger partial charge on any atom is 0.122 e. The molecule has 0 aliphatic carbocycles. The topological polar surface area (TPSA) is 35.2 Å². The van der Waals surface area contributed by atoms with E-state index < -0.39 is 0 Å². The van der Waals surface area contributed by atoms with E-state index in [1.54, 1.807) is 0 Å². The quantitative estimate of drug-likeness (QED) is 0.903. The fourth-order valence-corrected chi connectivity index (χ4v) is 3.06. The van der Waals surface area contributed by atoms with Crippen LogP contribution in [0, 0.1) is 19.8 Å². The van der Waals surface area contributed by atoms with Crippen LogP contribution in [0.5, 0.6) is 5.75 Å². The smallest absolute Gasteiger partial charge is 0.122 e. The van der Waals surface area contributed by atoms with Crippen LogP contribution < -0.4 is 10.5 Å². The largest absolute Gasteiger partial charge is 0.493 e. The van der Waals surface area contributed by atoms with Crippen molar-refractivity contribution < 1.29 is 4.74 Å². The maximum absolute atomic E-state index is 6.48. The van der Waals surface area contributed by atoms with Gasteiger partial charge in [0.15, 0.2) is 0 Å². The monoisotopic (exact) mass is 267 g/mol. The summed E-state index contributed by atoms with van der Waals surface area (Å²) < 4.78 is 5.86. The van der Waals surface area contributed by atoms with Gasteiger partial charge in [0.25, 0.3) is 0 Å². The lowest BCUT2D eigenvalue weighted by atomic mass is 9.86. The predicted molar refractivity (Wildman–Crippen MR) is 82.0 cm³/mol. The van der Waals surface area contributed by atoms with E-state index in [4.69, 9.17) is 10.5 Å². The van der Waals surface area contributed by atoms with E-state index in [1.807, 2.05) is 12.1 Å². The maximum atomic E-state index is 6.48. The normalized spacial score (nSPS) is 19.1. The Morgan fingerprint density at radius 3 is 2.55 bits per heavy atom. The van der Waals surface area contributed by atoms with Crippen LogP contribution >= 0.6 is 0 Å². The molecule has 2 heteroatoms. The number of aryl methyl sites for hydroxylation is 2. The Kier molecular flexibility index (Phi) is 3.49. The van der Waals surface area contributed by atoms with Gasteiger partial charge in [-0.15, -0.1) is 0 Å². The third-order valence-corrected chi connectivity index (χ3v) is 4.04. The first-order valence-corrected chi connectivity index (χ1v) is 7.18. The highest BCUT2D eigenvalue weighted by molar-refractivity contribution is 5.36. The summed E-state index contributed by atoms with van der Waals surface area (Å²) in [5, 5.41) is 0. The highest BCUT2D eigenvalue weighted by Gasteiger charge is 2.26. The summed E-state index contributed by atoms with van der Waals surface area (Å²) in [5.74, 6) is 1.35. The Bertz CT molecular complexity index is 600. The third kappa shape index (κ3) is 2.56. The summed E-state index contributed by atoms with van der Waals surface area (Å²) >= 11 is 0. The van der Waals surface area contributed by atoms with Crippen LogP contribution in [-0.4, -0.2) is 6.61 Å². The van der Waals surface area contributed by atoms with Crippen molar-refractivity contribution in [2.24, 2.45) is 11.7 Å². The molecule has 0 amide bonds. The van der Waals surface area contributed by atoms with Gasteiger partial charge in [0.2, 0.25) is 0 Å². The predicted octanol–water partition coefficient (Wildman–Crippen LogP) is 3.55. The number of fused-ring (bicyclic) bond motifs is 1. The molecule has 2 N–H and O–H groups in total. The second kappa shape index (κ2) is 5.29.